The van der Waals surface area contributed by atoms with Crippen molar-refractivity contribution in [2.24, 2.45) is 5.41 Å². The van der Waals surface area contributed by atoms with Crippen LogP contribution in [0, 0.1) is 5.41 Å². The van der Waals surface area contributed by atoms with Gasteiger partial charge in [-0.05, 0) is 74.5 Å². The molecule has 0 heterocycles. The number of hydrogen-bond donors (Lipinski definition) is 0. The van der Waals surface area contributed by atoms with Gasteiger partial charge in [0.05, 0.1) is 0 Å². The Morgan fingerprint density at radius 3 is 2.11 bits per heavy atom. The lowest BCUT2D eigenvalue weighted by atomic mass is 9.79. The van der Waals surface area contributed by atoms with E-state index in [1.54, 1.807) is 0 Å². The average Bonchev–Trinajstić information content (AvgIpc) is 2.53. The molecule has 0 spiro atoms. The zero-order valence-corrected chi connectivity index (χ0v) is 19.6. The van der Waals surface area contributed by atoms with E-state index >= 15 is 0 Å². The molecule has 0 aliphatic rings. The lowest BCUT2D eigenvalue weighted by molar-refractivity contribution is 0.0940. The Morgan fingerprint density at radius 2 is 1.67 bits per heavy atom. The van der Waals surface area contributed by atoms with Gasteiger partial charge < -0.3 is 4.43 Å². The van der Waals surface area contributed by atoms with E-state index in [0.717, 1.165) is 24.2 Å². The highest BCUT2D eigenvalue weighted by atomic mass is 28.4. The first-order chi connectivity index (χ1) is 12.3. The largest absolute Gasteiger partial charge is 0.544 e. The van der Waals surface area contributed by atoms with Crippen molar-refractivity contribution in [3.8, 4) is 5.75 Å². The van der Waals surface area contributed by atoms with E-state index in [4.69, 9.17) is 4.43 Å². The fourth-order valence-corrected chi connectivity index (χ4v) is 3.61. The zero-order valence-electron chi connectivity index (χ0n) is 18.6. The van der Waals surface area contributed by atoms with Gasteiger partial charge in [0, 0.05) is 12.0 Å². The summed E-state index contributed by atoms with van der Waals surface area (Å²) in [5, 5.41) is 0.151. The average molecular weight is 387 g/mol. The minimum absolute atomic E-state index is 0.151. The summed E-state index contributed by atoms with van der Waals surface area (Å²) < 4.78 is 6.30. The summed E-state index contributed by atoms with van der Waals surface area (Å²) in [6, 6.07) is 7.65. The molecule has 0 radical (unpaired) electrons. The molecule has 1 aromatic rings. The molecule has 3 heteroatoms. The van der Waals surface area contributed by atoms with Crippen molar-refractivity contribution in [2.75, 3.05) is 0 Å². The first kappa shape index (κ1) is 23.4. The van der Waals surface area contributed by atoms with Crippen molar-refractivity contribution in [3.63, 3.8) is 0 Å². The Bertz CT molecular complexity index is 673. The van der Waals surface area contributed by atoms with Crippen LogP contribution in [0.15, 0.2) is 48.6 Å². The van der Waals surface area contributed by atoms with Crippen LogP contribution in [0.25, 0.3) is 0 Å². The standard InChI is InChI=1S/C24H38O2Si/c1-10-24(7,17-11-12-19(2)3)18-22(25)20-13-15-21(16-14-20)26-27(8,9)23(4,5)6/h10,12-16H,1,11,17-18H2,2-9H3. The highest BCUT2D eigenvalue weighted by Crippen LogP contribution is 2.37. The van der Waals surface area contributed by atoms with Gasteiger partial charge in [0.2, 0.25) is 8.32 Å². The molecule has 0 aliphatic heterocycles. The highest BCUT2D eigenvalue weighted by molar-refractivity contribution is 6.74. The van der Waals surface area contributed by atoms with Crippen LogP contribution in [0.2, 0.25) is 18.1 Å². The van der Waals surface area contributed by atoms with Crippen LogP contribution in [0.4, 0.5) is 0 Å². The van der Waals surface area contributed by atoms with E-state index in [0.29, 0.717) is 6.42 Å². The number of allylic oxidation sites excluding steroid dienone is 3. The first-order valence-corrected chi connectivity index (χ1v) is 12.8. The van der Waals surface area contributed by atoms with Crippen molar-refractivity contribution in [1.82, 2.24) is 0 Å². The molecule has 0 N–H and O–H groups in total. The molecule has 0 bridgehead atoms. The van der Waals surface area contributed by atoms with Crippen LogP contribution in [-0.4, -0.2) is 14.1 Å². The molecule has 0 aliphatic carbocycles. The van der Waals surface area contributed by atoms with E-state index in [1.165, 1.54) is 5.57 Å². The van der Waals surface area contributed by atoms with Gasteiger partial charge in [-0.2, -0.15) is 0 Å². The Hall–Kier alpha value is -1.61. The molecule has 1 unspecified atom stereocenters. The number of Topliss-reactive ketones (excluding diaryl/α,β-unsaturated/α-hetero) is 1. The number of rotatable bonds is 9. The predicted molar refractivity (Wildman–Crippen MR) is 120 cm³/mol. The molecule has 1 aromatic carbocycles. The van der Waals surface area contributed by atoms with Crippen molar-refractivity contribution in [1.29, 1.82) is 0 Å². The summed E-state index contributed by atoms with van der Waals surface area (Å²) in [6.07, 6.45) is 6.53. The van der Waals surface area contributed by atoms with Crippen LogP contribution >= 0.6 is 0 Å². The Kier molecular flexibility index (Phi) is 7.85. The second-order valence-corrected chi connectivity index (χ2v) is 14.4. The first-order valence-electron chi connectivity index (χ1n) is 9.89. The van der Waals surface area contributed by atoms with Crippen LogP contribution in [0.1, 0.15) is 71.2 Å². The van der Waals surface area contributed by atoms with Crippen molar-refractivity contribution in [2.45, 2.75) is 78.9 Å². The second kappa shape index (κ2) is 9.05. The summed E-state index contributed by atoms with van der Waals surface area (Å²) in [5.41, 5.74) is 1.87. The molecule has 27 heavy (non-hydrogen) atoms. The fraction of sp³-hybridized carbons (Fsp3) is 0.542. The van der Waals surface area contributed by atoms with Crippen molar-refractivity contribution in [3.05, 3.63) is 54.1 Å². The highest BCUT2D eigenvalue weighted by Gasteiger charge is 2.39. The van der Waals surface area contributed by atoms with Crippen molar-refractivity contribution >= 4 is 14.1 Å². The van der Waals surface area contributed by atoms with Gasteiger partial charge in [-0.25, -0.2) is 0 Å². The molecule has 0 fully saturated rings. The summed E-state index contributed by atoms with van der Waals surface area (Å²) in [4.78, 5) is 12.8. The van der Waals surface area contributed by atoms with Crippen LogP contribution < -0.4 is 4.43 Å². The summed E-state index contributed by atoms with van der Waals surface area (Å²) >= 11 is 0. The molecule has 0 saturated heterocycles. The molecular weight excluding hydrogens is 348 g/mol. The van der Waals surface area contributed by atoms with Gasteiger partial charge in [0.15, 0.2) is 5.78 Å². The van der Waals surface area contributed by atoms with E-state index < -0.39 is 8.32 Å². The number of hydrogen-bond acceptors (Lipinski definition) is 2. The van der Waals surface area contributed by atoms with Gasteiger partial charge in [0.25, 0.3) is 0 Å². The SMILES string of the molecule is C=CC(C)(CCC=C(C)C)CC(=O)c1ccc(O[Si](C)(C)C(C)(C)C)cc1. The smallest absolute Gasteiger partial charge is 0.250 e. The topological polar surface area (TPSA) is 26.3 Å². The quantitative estimate of drug-likeness (QED) is 0.248. The lowest BCUT2D eigenvalue weighted by Crippen LogP contribution is -2.43. The van der Waals surface area contributed by atoms with E-state index in [-0.39, 0.29) is 16.2 Å². The van der Waals surface area contributed by atoms with E-state index in [1.807, 2.05) is 30.3 Å². The maximum atomic E-state index is 12.8. The van der Waals surface area contributed by atoms with E-state index in [2.05, 4.69) is 67.3 Å². The molecule has 1 rings (SSSR count). The molecule has 2 nitrogen and oxygen atoms in total. The lowest BCUT2D eigenvalue weighted by Gasteiger charge is -2.36. The van der Waals surface area contributed by atoms with Gasteiger partial charge in [0.1, 0.15) is 5.75 Å². The summed E-state index contributed by atoms with van der Waals surface area (Å²) in [5.74, 6) is 1.02. The molecule has 150 valence electrons. The molecule has 0 aromatic heterocycles. The van der Waals surface area contributed by atoms with E-state index in [9.17, 15) is 4.79 Å². The Balaban J connectivity index is 2.81. The second-order valence-electron chi connectivity index (χ2n) is 9.67. The molecule has 1 atom stereocenters. The number of carbonyl (C=O) groups is 1. The van der Waals surface area contributed by atoms with Crippen molar-refractivity contribution < 1.29 is 9.22 Å². The number of carbonyl (C=O) groups excluding carboxylic acids is 1. The maximum absolute atomic E-state index is 12.8. The minimum atomic E-state index is -1.86. The number of ketones is 1. The third kappa shape index (κ3) is 7.14. The number of benzene rings is 1. The third-order valence-electron chi connectivity index (χ3n) is 5.68. The summed E-state index contributed by atoms with van der Waals surface area (Å²) in [7, 11) is -1.86. The Labute approximate surface area is 167 Å². The summed E-state index contributed by atoms with van der Waals surface area (Å²) in [6.45, 7) is 21.4. The van der Waals surface area contributed by atoms with Gasteiger partial charge in [-0.15, -0.1) is 6.58 Å². The molecule has 0 amide bonds. The minimum Gasteiger partial charge on any atom is -0.544 e. The monoisotopic (exact) mass is 386 g/mol. The molecular formula is C24H38O2Si. The maximum Gasteiger partial charge on any atom is 0.250 e. The van der Waals surface area contributed by atoms with Gasteiger partial charge in [-0.1, -0.05) is 45.4 Å². The van der Waals surface area contributed by atoms with Crippen LogP contribution in [0.5, 0.6) is 5.75 Å². The third-order valence-corrected chi connectivity index (χ3v) is 10.0. The van der Waals surface area contributed by atoms with Crippen LogP contribution in [-0.2, 0) is 0 Å². The Morgan fingerprint density at radius 1 is 1.11 bits per heavy atom. The predicted octanol–water partition coefficient (Wildman–Crippen LogP) is 7.58. The zero-order chi connectivity index (χ0) is 20.9. The van der Waals surface area contributed by atoms with Crippen LogP contribution in [0.3, 0.4) is 0 Å². The van der Waals surface area contributed by atoms with Gasteiger partial charge >= 0.3 is 0 Å². The van der Waals surface area contributed by atoms with Gasteiger partial charge in [-0.3, -0.25) is 4.79 Å². The normalized spacial score (nSPS) is 14.2. The molecule has 0 saturated carbocycles. The fourth-order valence-electron chi connectivity index (χ4n) is 2.58.